The van der Waals surface area contributed by atoms with E-state index < -0.39 is 11.4 Å². The molecule has 1 aromatic rings. The summed E-state index contributed by atoms with van der Waals surface area (Å²) in [6.07, 6.45) is 0. The van der Waals surface area contributed by atoms with Crippen molar-refractivity contribution in [1.29, 1.82) is 0 Å². The van der Waals surface area contributed by atoms with Gasteiger partial charge < -0.3 is 14.8 Å². The predicted molar refractivity (Wildman–Crippen MR) is 56.6 cm³/mol. The molecule has 14 heavy (non-hydrogen) atoms. The third-order valence-corrected chi connectivity index (χ3v) is 1.95. The van der Waals surface area contributed by atoms with Crippen LogP contribution in [0.25, 0.3) is 0 Å². The van der Waals surface area contributed by atoms with E-state index in [2.05, 4.69) is 0 Å². The van der Waals surface area contributed by atoms with Crippen LogP contribution in [0.2, 0.25) is 0 Å². The van der Waals surface area contributed by atoms with Gasteiger partial charge in [-0.3, -0.25) is 4.55 Å². The summed E-state index contributed by atoms with van der Waals surface area (Å²) in [6, 6.07) is 4.92. The number of nitrogens with two attached hydrogens (primary N) is 1. The Kier molecular flexibility index (Phi) is 3.32. The van der Waals surface area contributed by atoms with Crippen LogP contribution in [0.4, 0.5) is 11.4 Å². The van der Waals surface area contributed by atoms with Crippen LogP contribution in [0.15, 0.2) is 18.2 Å². The summed E-state index contributed by atoms with van der Waals surface area (Å²) in [4.78, 5) is 1.77. The Labute approximate surface area is 85.0 Å². The fraction of sp³-hybridized carbons (Fsp3) is 0.250. The number of nitrogens with zero attached hydrogens (tertiary/aromatic N) is 1. The Morgan fingerprint density at radius 2 is 2.14 bits per heavy atom. The van der Waals surface area contributed by atoms with Gasteiger partial charge in [-0.2, -0.15) is 4.21 Å². The Morgan fingerprint density at radius 3 is 2.64 bits per heavy atom. The second kappa shape index (κ2) is 4.30. The maximum Gasteiger partial charge on any atom is 0.357 e. The number of rotatable bonds is 3. The van der Waals surface area contributed by atoms with Crippen molar-refractivity contribution >= 4 is 22.7 Å². The first-order valence-electron chi connectivity index (χ1n) is 3.86. The molecule has 0 aliphatic rings. The Bertz CT molecular complexity index is 354. The number of nitrogen functional groups attached to an aromatic ring is 1. The Balaban J connectivity index is 3.09. The highest BCUT2D eigenvalue weighted by molar-refractivity contribution is 7.74. The fourth-order valence-corrected chi connectivity index (χ4v) is 1.33. The monoisotopic (exact) mass is 216 g/mol. The van der Waals surface area contributed by atoms with Crippen LogP contribution < -0.4 is 14.8 Å². The van der Waals surface area contributed by atoms with Gasteiger partial charge in [0.25, 0.3) is 0 Å². The second-order valence-corrected chi connectivity index (χ2v) is 3.52. The summed E-state index contributed by atoms with van der Waals surface area (Å²) in [5, 5.41) is 0. The highest BCUT2D eigenvalue weighted by Crippen LogP contribution is 2.29. The van der Waals surface area contributed by atoms with E-state index in [-0.39, 0.29) is 5.75 Å². The zero-order chi connectivity index (χ0) is 10.7. The SMILES string of the molecule is CN(C)c1ccc(N)cc1OS(=O)O. The second-order valence-electron chi connectivity index (χ2n) is 2.92. The first kappa shape index (κ1) is 10.8. The highest BCUT2D eigenvalue weighted by atomic mass is 32.2. The summed E-state index contributed by atoms with van der Waals surface area (Å²) in [6.45, 7) is 0. The third kappa shape index (κ3) is 2.61. The van der Waals surface area contributed by atoms with Gasteiger partial charge in [0.05, 0.1) is 5.69 Å². The molecule has 0 aromatic heterocycles. The van der Waals surface area contributed by atoms with Gasteiger partial charge in [-0.15, -0.1) is 0 Å². The molecule has 0 aliphatic carbocycles. The van der Waals surface area contributed by atoms with Crippen molar-refractivity contribution < 1.29 is 12.9 Å². The summed E-state index contributed by atoms with van der Waals surface area (Å²) in [5.41, 5.74) is 6.70. The maximum atomic E-state index is 10.5. The average Bonchev–Trinajstić information content (AvgIpc) is 2.01. The summed E-state index contributed by atoms with van der Waals surface area (Å²) in [7, 11) is 3.61. The van der Waals surface area contributed by atoms with Crippen molar-refractivity contribution in [2.45, 2.75) is 0 Å². The van der Waals surface area contributed by atoms with E-state index >= 15 is 0 Å². The van der Waals surface area contributed by atoms with Gasteiger partial charge in [0, 0.05) is 25.8 Å². The van der Waals surface area contributed by atoms with Gasteiger partial charge in [0.15, 0.2) is 5.75 Å². The first-order chi connectivity index (χ1) is 6.50. The van der Waals surface area contributed by atoms with E-state index in [1.54, 1.807) is 31.1 Å². The largest absolute Gasteiger partial charge is 0.399 e. The molecule has 1 unspecified atom stereocenters. The molecule has 1 rings (SSSR count). The zero-order valence-corrected chi connectivity index (χ0v) is 8.75. The lowest BCUT2D eigenvalue weighted by molar-refractivity contribution is 0.458. The molecule has 3 N–H and O–H groups in total. The molecule has 1 atom stereocenters. The van der Waals surface area contributed by atoms with E-state index in [9.17, 15) is 4.21 Å². The van der Waals surface area contributed by atoms with E-state index in [4.69, 9.17) is 14.5 Å². The van der Waals surface area contributed by atoms with Crippen LogP contribution in [-0.2, 0) is 11.4 Å². The summed E-state index contributed by atoms with van der Waals surface area (Å²) < 4.78 is 23.8. The lowest BCUT2D eigenvalue weighted by Gasteiger charge is -2.16. The average molecular weight is 216 g/mol. The predicted octanol–water partition coefficient (Wildman–Crippen LogP) is 0.850. The van der Waals surface area contributed by atoms with E-state index in [1.165, 1.54) is 6.07 Å². The molecule has 0 radical (unpaired) electrons. The number of anilines is 2. The van der Waals surface area contributed by atoms with Crippen molar-refractivity contribution in [3.63, 3.8) is 0 Å². The van der Waals surface area contributed by atoms with Gasteiger partial charge in [-0.05, 0) is 12.1 Å². The van der Waals surface area contributed by atoms with Gasteiger partial charge in [0.2, 0.25) is 0 Å². The molecule has 78 valence electrons. The van der Waals surface area contributed by atoms with Crippen LogP contribution in [0, 0.1) is 0 Å². The molecular formula is C8H12N2O3S. The molecule has 0 aliphatic heterocycles. The minimum absolute atomic E-state index is 0.288. The van der Waals surface area contributed by atoms with Crippen molar-refractivity contribution in [3.8, 4) is 5.75 Å². The summed E-state index contributed by atoms with van der Waals surface area (Å²) >= 11 is -2.33. The normalized spacial score (nSPS) is 12.2. The number of hydrogen-bond donors (Lipinski definition) is 2. The molecule has 0 heterocycles. The molecule has 0 spiro atoms. The molecule has 0 bridgehead atoms. The van der Waals surface area contributed by atoms with Crippen molar-refractivity contribution in [1.82, 2.24) is 0 Å². The smallest absolute Gasteiger partial charge is 0.357 e. The molecule has 6 heteroatoms. The van der Waals surface area contributed by atoms with Gasteiger partial charge >= 0.3 is 11.4 Å². The van der Waals surface area contributed by atoms with Crippen molar-refractivity contribution in [2.24, 2.45) is 0 Å². The lowest BCUT2D eigenvalue weighted by atomic mass is 10.2. The topological polar surface area (TPSA) is 75.8 Å². The fourth-order valence-electron chi connectivity index (χ4n) is 1.04. The van der Waals surface area contributed by atoms with Crippen LogP contribution in [0.1, 0.15) is 0 Å². The van der Waals surface area contributed by atoms with Crippen LogP contribution in [0.5, 0.6) is 5.75 Å². The molecular weight excluding hydrogens is 204 g/mol. The van der Waals surface area contributed by atoms with Crippen molar-refractivity contribution in [3.05, 3.63) is 18.2 Å². The quantitative estimate of drug-likeness (QED) is 0.578. The third-order valence-electron chi connectivity index (χ3n) is 1.63. The molecule has 1 aromatic carbocycles. The van der Waals surface area contributed by atoms with Gasteiger partial charge in [0.1, 0.15) is 0 Å². The standard InChI is InChI=1S/C8H12N2O3S/c1-10(2)7-4-3-6(9)5-8(7)13-14(11)12/h3-5H,9H2,1-2H3,(H,11,12). The molecule has 0 fully saturated rings. The maximum absolute atomic E-state index is 10.5. The zero-order valence-electron chi connectivity index (χ0n) is 7.93. The molecule has 0 amide bonds. The highest BCUT2D eigenvalue weighted by Gasteiger charge is 2.08. The first-order valence-corrected chi connectivity index (χ1v) is 4.90. The summed E-state index contributed by atoms with van der Waals surface area (Å²) in [5.74, 6) is 0.288. The molecule has 5 nitrogen and oxygen atoms in total. The lowest BCUT2D eigenvalue weighted by Crippen LogP contribution is -2.11. The number of benzene rings is 1. The van der Waals surface area contributed by atoms with E-state index in [1.807, 2.05) is 0 Å². The van der Waals surface area contributed by atoms with E-state index in [0.29, 0.717) is 11.4 Å². The molecule has 0 saturated heterocycles. The van der Waals surface area contributed by atoms with Crippen molar-refractivity contribution in [2.75, 3.05) is 24.7 Å². The van der Waals surface area contributed by atoms with Crippen LogP contribution >= 0.6 is 0 Å². The Hall–Kier alpha value is -1.27. The molecule has 0 saturated carbocycles. The van der Waals surface area contributed by atoms with E-state index in [0.717, 1.165) is 0 Å². The minimum atomic E-state index is -2.33. The Morgan fingerprint density at radius 1 is 1.50 bits per heavy atom. The number of hydrogen-bond acceptors (Lipinski definition) is 4. The van der Waals surface area contributed by atoms with Gasteiger partial charge in [-0.1, -0.05) is 0 Å². The van der Waals surface area contributed by atoms with Crippen LogP contribution in [0.3, 0.4) is 0 Å². The van der Waals surface area contributed by atoms with Crippen LogP contribution in [-0.4, -0.2) is 22.9 Å². The van der Waals surface area contributed by atoms with Gasteiger partial charge in [-0.25, -0.2) is 0 Å². The minimum Gasteiger partial charge on any atom is -0.399 e.